The first-order chi connectivity index (χ1) is 19.1. The molecule has 0 aliphatic heterocycles. The van der Waals surface area contributed by atoms with Gasteiger partial charge in [-0.2, -0.15) is 4.31 Å². The van der Waals surface area contributed by atoms with E-state index < -0.39 is 28.0 Å². The largest absolute Gasteiger partial charge is 0.453 e. The Balaban J connectivity index is 1.67. The molecule has 0 fully saturated rings. The topological polar surface area (TPSA) is 119 Å². The molecule has 4 aromatic rings. The molecular formula is C28H20Cl2N2O7S. The molecule has 0 heterocycles. The molecule has 0 unspecified atom stereocenters. The molecule has 0 saturated heterocycles. The minimum Gasteiger partial charge on any atom is -0.453 e. The third-order valence-electron chi connectivity index (χ3n) is 5.46. The standard InChI is InChI=1S/C28H20Cl2N2O7S/c1-38-28(35)31-22-10-16-25(17-11-22)40(36,37)32(26(33)18-2-6-20(29)7-3-18)23-12-14-24(15-13-23)39-27(34)19-4-8-21(30)9-5-19/h2-17H,1H3,(H,31,35). The average Bonchev–Trinajstić information content (AvgIpc) is 2.95. The highest BCUT2D eigenvalue weighted by atomic mass is 35.5. The predicted octanol–water partition coefficient (Wildman–Crippen LogP) is 6.43. The number of amides is 2. The van der Waals surface area contributed by atoms with E-state index in [4.69, 9.17) is 27.9 Å². The summed E-state index contributed by atoms with van der Waals surface area (Å²) in [5.41, 5.74) is 0.604. The molecule has 9 nitrogen and oxygen atoms in total. The van der Waals surface area contributed by atoms with E-state index in [0.717, 1.165) is 0 Å². The Bertz CT molecular complexity index is 1640. The Kier molecular flexibility index (Phi) is 8.73. The van der Waals surface area contributed by atoms with E-state index in [0.29, 0.717) is 14.4 Å². The fourth-order valence-electron chi connectivity index (χ4n) is 3.46. The summed E-state index contributed by atoms with van der Waals surface area (Å²) in [6.07, 6.45) is -0.730. The zero-order chi connectivity index (χ0) is 28.9. The SMILES string of the molecule is COC(=O)Nc1ccc(S(=O)(=O)N(C(=O)c2ccc(Cl)cc2)c2ccc(OC(=O)c3ccc(Cl)cc3)cc2)cc1. The van der Waals surface area contributed by atoms with Crippen LogP contribution in [-0.4, -0.2) is 33.5 Å². The van der Waals surface area contributed by atoms with Gasteiger partial charge >= 0.3 is 12.1 Å². The number of anilines is 2. The van der Waals surface area contributed by atoms with Gasteiger partial charge in [0.1, 0.15) is 5.75 Å². The van der Waals surface area contributed by atoms with Gasteiger partial charge in [0.25, 0.3) is 15.9 Å². The Morgan fingerprint density at radius 3 is 1.77 bits per heavy atom. The van der Waals surface area contributed by atoms with Crippen LogP contribution in [0.1, 0.15) is 20.7 Å². The van der Waals surface area contributed by atoms with Crippen LogP contribution in [0.2, 0.25) is 10.0 Å². The molecule has 0 saturated carbocycles. The Labute approximate surface area is 239 Å². The fourth-order valence-corrected chi connectivity index (χ4v) is 5.13. The molecule has 4 rings (SSSR count). The number of hydrogen-bond acceptors (Lipinski definition) is 7. The van der Waals surface area contributed by atoms with E-state index in [9.17, 15) is 22.8 Å². The highest BCUT2D eigenvalue weighted by Crippen LogP contribution is 2.29. The van der Waals surface area contributed by atoms with E-state index in [1.807, 2.05) is 0 Å². The lowest BCUT2D eigenvalue weighted by molar-refractivity contribution is 0.0734. The molecule has 0 aliphatic carbocycles. The summed E-state index contributed by atoms with van der Waals surface area (Å²) in [7, 11) is -3.27. The lowest BCUT2D eigenvalue weighted by Gasteiger charge is -2.23. The van der Waals surface area contributed by atoms with Crippen LogP contribution in [0, 0.1) is 0 Å². The smallest absolute Gasteiger partial charge is 0.411 e. The van der Waals surface area contributed by atoms with Gasteiger partial charge < -0.3 is 9.47 Å². The molecule has 0 atom stereocenters. The van der Waals surface area contributed by atoms with Crippen molar-refractivity contribution in [3.05, 3.63) is 118 Å². The minimum atomic E-state index is -4.46. The van der Waals surface area contributed by atoms with Gasteiger partial charge in [-0.3, -0.25) is 10.1 Å². The fraction of sp³-hybridized carbons (Fsp3) is 0.0357. The second kappa shape index (κ2) is 12.2. The summed E-state index contributed by atoms with van der Waals surface area (Å²) in [5, 5.41) is 3.25. The van der Waals surface area contributed by atoms with Crippen LogP contribution in [0.25, 0.3) is 0 Å². The van der Waals surface area contributed by atoms with Crippen molar-refractivity contribution < 1.29 is 32.3 Å². The normalized spacial score (nSPS) is 10.9. The summed E-state index contributed by atoms with van der Waals surface area (Å²) < 4.78 is 38.0. The maximum absolute atomic E-state index is 13.8. The Morgan fingerprint density at radius 1 is 0.725 bits per heavy atom. The third-order valence-corrected chi connectivity index (χ3v) is 7.69. The zero-order valence-corrected chi connectivity index (χ0v) is 23.0. The van der Waals surface area contributed by atoms with Crippen molar-refractivity contribution in [3.8, 4) is 5.75 Å². The summed E-state index contributed by atoms with van der Waals surface area (Å²) in [6, 6.07) is 22.4. The zero-order valence-electron chi connectivity index (χ0n) is 20.7. The number of esters is 1. The molecule has 12 heteroatoms. The molecular weight excluding hydrogens is 579 g/mol. The number of nitrogens with zero attached hydrogens (tertiary/aromatic N) is 1. The lowest BCUT2D eigenvalue weighted by Crippen LogP contribution is -2.37. The second-order valence-electron chi connectivity index (χ2n) is 8.11. The van der Waals surface area contributed by atoms with Gasteiger partial charge in [-0.25, -0.2) is 18.0 Å². The van der Waals surface area contributed by atoms with Crippen LogP contribution in [0.15, 0.2) is 102 Å². The van der Waals surface area contributed by atoms with Crippen molar-refractivity contribution in [1.29, 1.82) is 0 Å². The van der Waals surface area contributed by atoms with Crippen LogP contribution in [0.5, 0.6) is 5.75 Å². The number of hydrogen-bond donors (Lipinski definition) is 1. The Morgan fingerprint density at radius 2 is 1.25 bits per heavy atom. The number of methoxy groups -OCH3 is 1. The van der Waals surface area contributed by atoms with Crippen LogP contribution < -0.4 is 14.4 Å². The third kappa shape index (κ3) is 6.60. The highest BCUT2D eigenvalue weighted by Gasteiger charge is 2.32. The predicted molar refractivity (Wildman–Crippen MR) is 151 cm³/mol. The quantitative estimate of drug-likeness (QED) is 0.192. The maximum atomic E-state index is 13.8. The average molecular weight is 599 g/mol. The monoisotopic (exact) mass is 598 g/mol. The minimum absolute atomic E-state index is 0.0111. The molecule has 40 heavy (non-hydrogen) atoms. The molecule has 0 spiro atoms. The van der Waals surface area contributed by atoms with Gasteiger partial charge in [0.15, 0.2) is 0 Å². The van der Waals surface area contributed by atoms with Crippen molar-refractivity contribution >= 4 is 62.6 Å². The molecule has 0 aromatic heterocycles. The number of carbonyl (C=O) groups is 3. The van der Waals surface area contributed by atoms with Crippen LogP contribution in [0.4, 0.5) is 16.2 Å². The first-order valence-electron chi connectivity index (χ1n) is 11.5. The molecule has 0 bridgehead atoms. The number of rotatable bonds is 7. The first kappa shape index (κ1) is 28.6. The van der Waals surface area contributed by atoms with Gasteiger partial charge in [0.05, 0.1) is 23.3 Å². The van der Waals surface area contributed by atoms with Crippen LogP contribution >= 0.6 is 23.2 Å². The van der Waals surface area contributed by atoms with E-state index in [1.54, 1.807) is 12.1 Å². The van der Waals surface area contributed by atoms with Gasteiger partial charge in [0.2, 0.25) is 0 Å². The second-order valence-corrected chi connectivity index (χ2v) is 10.8. The van der Waals surface area contributed by atoms with Crippen LogP contribution in [-0.2, 0) is 14.8 Å². The Hall–Kier alpha value is -4.38. The van der Waals surface area contributed by atoms with E-state index in [-0.39, 0.29) is 33.1 Å². The maximum Gasteiger partial charge on any atom is 0.411 e. The van der Waals surface area contributed by atoms with Gasteiger partial charge in [-0.15, -0.1) is 0 Å². The number of ether oxygens (including phenoxy) is 2. The molecule has 204 valence electrons. The molecule has 4 aromatic carbocycles. The molecule has 2 amide bonds. The number of halogens is 2. The number of sulfonamides is 1. The highest BCUT2D eigenvalue weighted by molar-refractivity contribution is 7.93. The van der Waals surface area contributed by atoms with E-state index in [2.05, 4.69) is 10.1 Å². The lowest BCUT2D eigenvalue weighted by atomic mass is 10.2. The van der Waals surface area contributed by atoms with E-state index >= 15 is 0 Å². The summed E-state index contributed by atoms with van der Waals surface area (Å²) >= 11 is 11.8. The summed E-state index contributed by atoms with van der Waals surface area (Å²) in [4.78, 5) is 37.2. The number of nitrogens with one attached hydrogen (secondary N) is 1. The summed E-state index contributed by atoms with van der Waals surface area (Å²) in [6.45, 7) is 0. The van der Waals surface area contributed by atoms with Crippen LogP contribution in [0.3, 0.4) is 0 Å². The first-order valence-corrected chi connectivity index (χ1v) is 13.7. The molecule has 0 radical (unpaired) electrons. The molecule has 1 N–H and O–H groups in total. The van der Waals surface area contributed by atoms with Crippen molar-refractivity contribution in [1.82, 2.24) is 0 Å². The van der Waals surface area contributed by atoms with Crippen molar-refractivity contribution in [2.45, 2.75) is 4.90 Å². The van der Waals surface area contributed by atoms with Crippen molar-refractivity contribution in [2.24, 2.45) is 0 Å². The van der Waals surface area contributed by atoms with Gasteiger partial charge in [-0.1, -0.05) is 23.2 Å². The van der Waals surface area contributed by atoms with Gasteiger partial charge in [0, 0.05) is 21.3 Å². The van der Waals surface area contributed by atoms with Crippen molar-refractivity contribution in [3.63, 3.8) is 0 Å². The molecule has 0 aliphatic rings. The van der Waals surface area contributed by atoms with Crippen molar-refractivity contribution in [2.75, 3.05) is 16.7 Å². The number of benzene rings is 4. The number of carbonyl (C=O) groups excluding carboxylic acids is 3. The van der Waals surface area contributed by atoms with E-state index in [1.165, 1.54) is 92.0 Å². The van der Waals surface area contributed by atoms with Gasteiger partial charge in [-0.05, 0) is 97.1 Å². The summed E-state index contributed by atoms with van der Waals surface area (Å²) in [5.74, 6) is -1.37.